The third-order valence-electron chi connectivity index (χ3n) is 6.94. The van der Waals surface area contributed by atoms with Crippen LogP contribution in [0.15, 0.2) is 47.6 Å². The van der Waals surface area contributed by atoms with Gasteiger partial charge >= 0.3 is 6.18 Å². The molecule has 5 nitrogen and oxygen atoms in total. The third-order valence-corrected chi connectivity index (χ3v) is 8.19. The van der Waals surface area contributed by atoms with Gasteiger partial charge in [-0.1, -0.05) is 29.8 Å². The summed E-state index contributed by atoms with van der Waals surface area (Å²) in [6.45, 7) is 1.44. The van der Waals surface area contributed by atoms with Crippen LogP contribution in [0, 0.1) is 5.41 Å². The lowest BCUT2D eigenvalue weighted by Crippen LogP contribution is -2.67. The van der Waals surface area contributed by atoms with Crippen molar-refractivity contribution in [2.45, 2.75) is 49.0 Å². The number of hydrogen-bond donors (Lipinski definition) is 0. The highest BCUT2D eigenvalue weighted by molar-refractivity contribution is 7.90. The van der Waals surface area contributed by atoms with Crippen molar-refractivity contribution in [2.24, 2.45) is 5.41 Å². The minimum absolute atomic E-state index is 0.0451. The Morgan fingerprint density at radius 1 is 1.12 bits per heavy atom. The van der Waals surface area contributed by atoms with Crippen LogP contribution in [-0.4, -0.2) is 56.0 Å². The van der Waals surface area contributed by atoms with Crippen molar-refractivity contribution in [1.29, 1.82) is 0 Å². The number of aromatic nitrogens is 1. The largest absolute Gasteiger partial charge is 0.418 e. The van der Waals surface area contributed by atoms with E-state index >= 15 is 0 Å². The number of likely N-dealkylation sites (tertiary alicyclic amines) is 1. The topological polar surface area (TPSA) is 59.5 Å². The lowest BCUT2D eigenvalue weighted by Gasteiger charge is -2.54. The van der Waals surface area contributed by atoms with Gasteiger partial charge in [0, 0.05) is 42.4 Å². The molecule has 0 amide bonds. The van der Waals surface area contributed by atoms with E-state index in [1.807, 2.05) is 17.0 Å². The molecule has 0 spiro atoms. The first kappa shape index (κ1) is 24.4. The summed E-state index contributed by atoms with van der Waals surface area (Å²) < 4.78 is 71.6. The van der Waals surface area contributed by atoms with Crippen LogP contribution < -0.4 is 0 Å². The fourth-order valence-electron chi connectivity index (χ4n) is 5.09. The quantitative estimate of drug-likeness (QED) is 0.550. The monoisotopic (exact) mass is 502 g/mol. The molecular weight excluding hydrogens is 477 g/mol. The third kappa shape index (κ3) is 4.78. The van der Waals surface area contributed by atoms with E-state index in [1.54, 1.807) is 18.2 Å². The number of nitrogens with zero attached hydrogens (tertiary/aromatic N) is 2. The first-order chi connectivity index (χ1) is 15.4. The number of hydrogen-bond acceptors (Lipinski definition) is 5. The van der Waals surface area contributed by atoms with Crippen molar-refractivity contribution in [3.63, 3.8) is 0 Å². The van der Waals surface area contributed by atoms with Crippen LogP contribution in [0.4, 0.5) is 13.2 Å². The molecule has 2 aromatic rings. The molecule has 3 heterocycles. The molecule has 1 unspecified atom stereocenters. The molecule has 10 heteroatoms. The first-order valence-corrected chi connectivity index (χ1v) is 13.0. The van der Waals surface area contributed by atoms with Crippen molar-refractivity contribution < 1.29 is 26.3 Å². The highest BCUT2D eigenvalue weighted by Gasteiger charge is 2.71. The summed E-state index contributed by atoms with van der Waals surface area (Å²) in [7, 11) is -3.43. The highest BCUT2D eigenvalue weighted by Crippen LogP contribution is 2.59. The fourth-order valence-corrected chi connectivity index (χ4v) is 5.77. The van der Waals surface area contributed by atoms with E-state index in [-0.39, 0.29) is 31.0 Å². The molecule has 0 aliphatic carbocycles. The number of aryl methyl sites for hydroxylation is 1. The van der Waals surface area contributed by atoms with E-state index in [9.17, 15) is 21.6 Å². The maximum Gasteiger partial charge on any atom is 0.418 e. The normalized spacial score (nSPS) is 26.3. The first-order valence-electron chi connectivity index (χ1n) is 10.8. The maximum atomic E-state index is 14.3. The Kier molecular flexibility index (Phi) is 6.54. The molecule has 2 aliphatic heterocycles. The number of benzene rings is 1. The smallest absolute Gasteiger partial charge is 0.365 e. The molecule has 0 bridgehead atoms. The van der Waals surface area contributed by atoms with Crippen LogP contribution in [0.1, 0.15) is 30.4 Å². The van der Waals surface area contributed by atoms with E-state index in [1.165, 1.54) is 12.3 Å². The van der Waals surface area contributed by atoms with Gasteiger partial charge in [0.25, 0.3) is 0 Å². The minimum Gasteiger partial charge on any atom is -0.365 e. The van der Waals surface area contributed by atoms with Gasteiger partial charge in [-0.3, -0.25) is 4.90 Å². The number of alkyl halides is 3. The van der Waals surface area contributed by atoms with Gasteiger partial charge < -0.3 is 4.74 Å². The zero-order chi connectivity index (χ0) is 23.9. The van der Waals surface area contributed by atoms with Gasteiger partial charge in [-0.25, -0.2) is 13.4 Å². The lowest BCUT2D eigenvalue weighted by molar-refractivity contribution is -0.366. The molecule has 33 heavy (non-hydrogen) atoms. The van der Waals surface area contributed by atoms with Gasteiger partial charge in [-0.15, -0.1) is 0 Å². The summed E-state index contributed by atoms with van der Waals surface area (Å²) in [4.78, 5) is 6.02. The lowest BCUT2D eigenvalue weighted by atomic mass is 9.63. The van der Waals surface area contributed by atoms with Gasteiger partial charge in [0.05, 0.1) is 6.61 Å². The van der Waals surface area contributed by atoms with Crippen molar-refractivity contribution in [3.8, 4) is 0 Å². The summed E-state index contributed by atoms with van der Waals surface area (Å²) in [6.07, 6.45) is -1.02. The van der Waals surface area contributed by atoms with Crippen molar-refractivity contribution in [2.75, 3.05) is 26.0 Å². The second kappa shape index (κ2) is 8.83. The van der Waals surface area contributed by atoms with Crippen molar-refractivity contribution >= 4 is 21.4 Å². The van der Waals surface area contributed by atoms with Crippen LogP contribution in [-0.2, 0) is 27.5 Å². The molecule has 2 aliphatic rings. The molecule has 0 radical (unpaired) electrons. The Morgan fingerprint density at radius 2 is 1.79 bits per heavy atom. The molecule has 4 rings (SSSR count). The SMILES string of the molecule is CS(=O)(=O)c1ccc(CC[C@@]2(C3(C(F)(F)F)CCO3)CCN(Cc3ccc(Cl)cc3)C2)cn1. The summed E-state index contributed by atoms with van der Waals surface area (Å²) in [5.41, 5.74) is -1.55. The van der Waals surface area contributed by atoms with Crippen molar-refractivity contribution in [1.82, 2.24) is 9.88 Å². The molecule has 1 aromatic heterocycles. The Morgan fingerprint density at radius 3 is 2.30 bits per heavy atom. The Hall–Kier alpha value is -1.68. The number of ether oxygens (including phenoxy) is 1. The standard InChI is InChI=1S/C23H26ClF3N2O3S/c1-33(30,31)20-7-4-17(14-28-20)8-9-21(22(11-13-32-22)23(25,26)27)10-12-29(16-21)15-18-2-5-19(24)6-3-18/h2-7,14H,8-13,15-16H2,1H3/t21-,22?/m1/s1. The molecule has 1 aromatic carbocycles. The molecule has 2 fully saturated rings. The fraction of sp³-hybridized carbons (Fsp3) is 0.522. The van der Waals surface area contributed by atoms with E-state index in [4.69, 9.17) is 16.3 Å². The average molecular weight is 503 g/mol. The number of pyridine rings is 1. The number of sulfone groups is 1. The zero-order valence-electron chi connectivity index (χ0n) is 18.2. The zero-order valence-corrected chi connectivity index (χ0v) is 19.8. The van der Waals surface area contributed by atoms with Gasteiger partial charge in [0.15, 0.2) is 20.5 Å². The van der Waals surface area contributed by atoms with Crippen molar-refractivity contribution in [3.05, 3.63) is 58.7 Å². The highest BCUT2D eigenvalue weighted by atomic mass is 35.5. The predicted octanol–water partition coefficient (Wildman–Crippen LogP) is 4.68. The summed E-state index contributed by atoms with van der Waals surface area (Å²) in [6, 6.07) is 10.4. The van der Waals surface area contributed by atoms with Gasteiger partial charge in [0.1, 0.15) is 0 Å². The van der Waals surface area contributed by atoms with Gasteiger partial charge in [-0.2, -0.15) is 13.2 Å². The summed E-state index contributed by atoms with van der Waals surface area (Å²) in [5.74, 6) is 0. The summed E-state index contributed by atoms with van der Waals surface area (Å²) >= 11 is 5.95. The van der Waals surface area contributed by atoms with Gasteiger partial charge in [-0.05, 0) is 55.1 Å². The molecular formula is C23H26ClF3N2O3S. The number of rotatable bonds is 7. The Labute approximate surface area is 196 Å². The molecule has 180 valence electrons. The molecule has 0 N–H and O–H groups in total. The van der Waals surface area contributed by atoms with Crippen LogP contribution in [0.3, 0.4) is 0 Å². The second-order valence-electron chi connectivity index (χ2n) is 9.07. The van der Waals surface area contributed by atoms with Crippen LogP contribution in [0.5, 0.6) is 0 Å². The van der Waals surface area contributed by atoms with E-state index in [0.29, 0.717) is 36.5 Å². The van der Waals surface area contributed by atoms with Crippen LogP contribution >= 0.6 is 11.6 Å². The Balaban J connectivity index is 1.56. The van der Waals surface area contributed by atoms with Crippen LogP contribution in [0.25, 0.3) is 0 Å². The molecule has 2 atom stereocenters. The second-order valence-corrected chi connectivity index (χ2v) is 11.5. The average Bonchev–Trinajstić information content (AvgIpc) is 3.09. The van der Waals surface area contributed by atoms with Gasteiger partial charge in [0.2, 0.25) is 0 Å². The van der Waals surface area contributed by atoms with E-state index in [2.05, 4.69) is 4.98 Å². The summed E-state index contributed by atoms with van der Waals surface area (Å²) in [5, 5.41) is 0.564. The Bertz CT molecular complexity index is 1090. The van der Waals surface area contributed by atoms with E-state index in [0.717, 1.165) is 11.8 Å². The van der Waals surface area contributed by atoms with Crippen LogP contribution in [0.2, 0.25) is 5.02 Å². The maximum absolute atomic E-state index is 14.3. The molecule has 0 saturated carbocycles. The molecule has 2 saturated heterocycles. The van der Waals surface area contributed by atoms with E-state index < -0.39 is 27.0 Å². The number of halogens is 4. The predicted molar refractivity (Wildman–Crippen MR) is 119 cm³/mol. The minimum atomic E-state index is -4.47.